The average molecular weight is 327 g/mol. The van der Waals surface area contributed by atoms with E-state index in [0.717, 1.165) is 23.5 Å². The van der Waals surface area contributed by atoms with Crippen molar-refractivity contribution in [3.8, 4) is 5.69 Å². The van der Waals surface area contributed by atoms with Gasteiger partial charge in [0.25, 0.3) is 0 Å². The highest BCUT2D eigenvalue weighted by Crippen LogP contribution is 2.19. The van der Waals surface area contributed by atoms with Crippen molar-refractivity contribution in [2.45, 2.75) is 13.3 Å². The van der Waals surface area contributed by atoms with Gasteiger partial charge in [-0.2, -0.15) is 5.10 Å². The van der Waals surface area contributed by atoms with Gasteiger partial charge < -0.3 is 5.32 Å². The van der Waals surface area contributed by atoms with Gasteiger partial charge >= 0.3 is 0 Å². The van der Waals surface area contributed by atoms with Gasteiger partial charge in [-0.1, -0.05) is 24.3 Å². The maximum absolute atomic E-state index is 13.6. The molecular formula is C18H15F2N3O. The molecule has 0 bridgehead atoms. The molecule has 4 nitrogen and oxygen atoms in total. The van der Waals surface area contributed by atoms with Crippen LogP contribution in [0.25, 0.3) is 5.69 Å². The molecule has 0 saturated carbocycles. The van der Waals surface area contributed by atoms with Gasteiger partial charge in [0.15, 0.2) is 0 Å². The zero-order chi connectivity index (χ0) is 17.1. The van der Waals surface area contributed by atoms with Gasteiger partial charge in [0, 0.05) is 5.56 Å². The van der Waals surface area contributed by atoms with Crippen LogP contribution in [-0.2, 0) is 11.2 Å². The highest BCUT2D eigenvalue weighted by atomic mass is 19.1. The Hall–Kier alpha value is -3.02. The van der Waals surface area contributed by atoms with Crippen LogP contribution in [0.15, 0.2) is 54.7 Å². The van der Waals surface area contributed by atoms with Crippen LogP contribution in [0.1, 0.15) is 11.3 Å². The second kappa shape index (κ2) is 6.62. The van der Waals surface area contributed by atoms with E-state index < -0.39 is 17.5 Å². The lowest BCUT2D eigenvalue weighted by molar-refractivity contribution is -0.115. The molecule has 6 heteroatoms. The van der Waals surface area contributed by atoms with E-state index in [9.17, 15) is 13.6 Å². The standard InChI is InChI=1S/C18H15F2N3O/c1-12-17(11-21-23(12)13-6-3-2-4-7-13)22-18(24)10-14-15(19)8-5-9-16(14)20/h2-9,11H,10H2,1H3,(H,22,24). The normalized spacial score (nSPS) is 10.6. The van der Waals surface area contributed by atoms with Crippen LogP contribution in [-0.4, -0.2) is 15.7 Å². The lowest BCUT2D eigenvalue weighted by Gasteiger charge is -2.08. The second-order valence-electron chi connectivity index (χ2n) is 5.32. The van der Waals surface area contributed by atoms with E-state index in [1.54, 1.807) is 11.6 Å². The minimum absolute atomic E-state index is 0.247. The third-order valence-corrected chi connectivity index (χ3v) is 3.68. The summed E-state index contributed by atoms with van der Waals surface area (Å²) in [6.45, 7) is 1.80. The number of para-hydroxylation sites is 1. The van der Waals surface area contributed by atoms with Crippen molar-refractivity contribution >= 4 is 11.6 Å². The summed E-state index contributed by atoms with van der Waals surface area (Å²) in [5.74, 6) is -1.97. The third-order valence-electron chi connectivity index (χ3n) is 3.68. The van der Waals surface area contributed by atoms with Crippen molar-refractivity contribution in [3.05, 3.63) is 77.6 Å². The predicted molar refractivity (Wildman–Crippen MR) is 87.0 cm³/mol. The van der Waals surface area contributed by atoms with Crippen molar-refractivity contribution in [2.75, 3.05) is 5.32 Å². The Balaban J connectivity index is 1.77. The number of benzene rings is 2. The largest absolute Gasteiger partial charge is 0.323 e. The maximum Gasteiger partial charge on any atom is 0.229 e. The first-order valence-corrected chi connectivity index (χ1v) is 7.39. The van der Waals surface area contributed by atoms with Gasteiger partial charge in [0.1, 0.15) is 11.6 Å². The topological polar surface area (TPSA) is 46.9 Å². The average Bonchev–Trinajstić information content (AvgIpc) is 2.93. The summed E-state index contributed by atoms with van der Waals surface area (Å²) < 4.78 is 28.9. The zero-order valence-electron chi connectivity index (χ0n) is 13.0. The monoisotopic (exact) mass is 327 g/mol. The van der Waals surface area contributed by atoms with Crippen LogP contribution in [0.4, 0.5) is 14.5 Å². The van der Waals surface area contributed by atoms with E-state index in [-0.39, 0.29) is 12.0 Å². The first-order chi connectivity index (χ1) is 11.6. The molecule has 0 spiro atoms. The van der Waals surface area contributed by atoms with Crippen molar-refractivity contribution in [1.82, 2.24) is 9.78 Å². The molecule has 0 saturated heterocycles. The summed E-state index contributed by atoms with van der Waals surface area (Å²) in [6, 6.07) is 13.0. The van der Waals surface area contributed by atoms with Gasteiger partial charge in [-0.3, -0.25) is 4.79 Å². The Labute approximate surface area is 137 Å². The van der Waals surface area contributed by atoms with Crippen molar-refractivity contribution in [3.63, 3.8) is 0 Å². The van der Waals surface area contributed by atoms with Crippen LogP contribution < -0.4 is 5.32 Å². The molecule has 1 heterocycles. The molecule has 1 N–H and O–H groups in total. The molecule has 122 valence electrons. The van der Waals surface area contributed by atoms with E-state index in [1.807, 2.05) is 30.3 Å². The molecule has 0 aliphatic rings. The Morgan fingerprint density at radius 2 is 1.75 bits per heavy atom. The summed E-state index contributed by atoms with van der Waals surface area (Å²) in [5, 5.41) is 6.88. The SMILES string of the molecule is Cc1c(NC(=O)Cc2c(F)cccc2F)cnn1-c1ccccc1. The molecule has 0 unspecified atom stereocenters. The molecule has 0 radical (unpaired) electrons. The number of carbonyl (C=O) groups is 1. The predicted octanol–water partition coefficient (Wildman–Crippen LogP) is 3.64. The van der Waals surface area contributed by atoms with E-state index in [0.29, 0.717) is 5.69 Å². The van der Waals surface area contributed by atoms with Gasteiger partial charge in [-0.25, -0.2) is 13.5 Å². The maximum atomic E-state index is 13.6. The Morgan fingerprint density at radius 1 is 1.08 bits per heavy atom. The molecule has 0 aliphatic carbocycles. The number of aromatic nitrogens is 2. The molecule has 24 heavy (non-hydrogen) atoms. The van der Waals surface area contributed by atoms with Crippen LogP contribution in [0, 0.1) is 18.6 Å². The number of hydrogen-bond donors (Lipinski definition) is 1. The number of hydrogen-bond acceptors (Lipinski definition) is 2. The van der Waals surface area contributed by atoms with E-state index in [2.05, 4.69) is 10.4 Å². The fourth-order valence-corrected chi connectivity index (χ4v) is 2.42. The van der Waals surface area contributed by atoms with E-state index in [1.165, 1.54) is 12.3 Å². The molecule has 1 amide bonds. The number of carbonyl (C=O) groups excluding carboxylic acids is 1. The number of halogens is 2. The smallest absolute Gasteiger partial charge is 0.229 e. The van der Waals surface area contributed by atoms with E-state index in [4.69, 9.17) is 0 Å². The zero-order valence-corrected chi connectivity index (χ0v) is 13.0. The van der Waals surface area contributed by atoms with Crippen LogP contribution in [0.3, 0.4) is 0 Å². The number of nitrogens with one attached hydrogen (secondary N) is 1. The fraction of sp³-hybridized carbons (Fsp3) is 0.111. The van der Waals surface area contributed by atoms with Gasteiger partial charge in [-0.15, -0.1) is 0 Å². The van der Waals surface area contributed by atoms with Crippen molar-refractivity contribution in [2.24, 2.45) is 0 Å². The first-order valence-electron chi connectivity index (χ1n) is 7.39. The summed E-state index contributed by atoms with van der Waals surface area (Å²) in [4.78, 5) is 12.1. The van der Waals surface area contributed by atoms with Crippen LogP contribution in [0.2, 0.25) is 0 Å². The molecular weight excluding hydrogens is 312 g/mol. The number of amides is 1. The van der Waals surface area contributed by atoms with Crippen LogP contribution >= 0.6 is 0 Å². The minimum Gasteiger partial charge on any atom is -0.323 e. The minimum atomic E-state index is -0.734. The number of anilines is 1. The Morgan fingerprint density at radius 3 is 2.42 bits per heavy atom. The lowest BCUT2D eigenvalue weighted by Crippen LogP contribution is -2.16. The molecule has 3 aromatic rings. The molecule has 0 atom stereocenters. The molecule has 1 aromatic heterocycles. The van der Waals surface area contributed by atoms with E-state index >= 15 is 0 Å². The summed E-state index contributed by atoms with van der Waals surface area (Å²) >= 11 is 0. The number of nitrogens with zero attached hydrogens (tertiary/aromatic N) is 2. The summed E-state index contributed by atoms with van der Waals surface area (Å²) in [5.41, 5.74) is 1.84. The molecule has 0 aliphatic heterocycles. The second-order valence-corrected chi connectivity index (χ2v) is 5.32. The number of rotatable bonds is 4. The van der Waals surface area contributed by atoms with Crippen molar-refractivity contribution in [1.29, 1.82) is 0 Å². The molecule has 2 aromatic carbocycles. The lowest BCUT2D eigenvalue weighted by atomic mass is 10.1. The highest BCUT2D eigenvalue weighted by molar-refractivity contribution is 5.92. The molecule has 0 fully saturated rings. The summed E-state index contributed by atoms with van der Waals surface area (Å²) in [7, 11) is 0. The highest BCUT2D eigenvalue weighted by Gasteiger charge is 2.15. The summed E-state index contributed by atoms with van der Waals surface area (Å²) in [6.07, 6.45) is 1.13. The van der Waals surface area contributed by atoms with Crippen molar-refractivity contribution < 1.29 is 13.6 Å². The first kappa shape index (κ1) is 15.9. The third kappa shape index (κ3) is 3.17. The fourth-order valence-electron chi connectivity index (χ4n) is 2.42. The molecule has 3 rings (SSSR count). The Kier molecular flexibility index (Phi) is 4.37. The van der Waals surface area contributed by atoms with Gasteiger partial charge in [0.2, 0.25) is 5.91 Å². The van der Waals surface area contributed by atoms with Gasteiger partial charge in [-0.05, 0) is 31.2 Å². The van der Waals surface area contributed by atoms with Crippen LogP contribution in [0.5, 0.6) is 0 Å². The van der Waals surface area contributed by atoms with Gasteiger partial charge in [0.05, 0.1) is 29.7 Å². The quantitative estimate of drug-likeness (QED) is 0.795. The Bertz CT molecular complexity index is 855.